The number of amides is 3. The molecule has 0 saturated carbocycles. The molecule has 2 radical (unpaired) electrons. The molecule has 0 fully saturated rings. The Morgan fingerprint density at radius 1 is 1.00 bits per heavy atom. The van der Waals surface area contributed by atoms with E-state index in [0.29, 0.717) is 28.7 Å². The van der Waals surface area contributed by atoms with Crippen LogP contribution in [0.4, 0.5) is 5.69 Å². The van der Waals surface area contributed by atoms with E-state index in [0.717, 1.165) is 0 Å². The van der Waals surface area contributed by atoms with Gasteiger partial charge in [-0.05, 0) is 30.7 Å². The van der Waals surface area contributed by atoms with E-state index in [1.165, 1.54) is 4.90 Å². The largest absolute Gasteiger partial charge is 0.326 e. The van der Waals surface area contributed by atoms with Crippen molar-refractivity contribution in [2.45, 2.75) is 12.8 Å². The summed E-state index contributed by atoms with van der Waals surface area (Å²) in [5, 5.41) is 2.74. The van der Waals surface area contributed by atoms with Crippen LogP contribution in [0.2, 0.25) is 0 Å². The molecule has 2 aromatic rings. The number of hydrogen-bond donors (Lipinski definition) is 1. The van der Waals surface area contributed by atoms with E-state index in [-0.39, 0.29) is 30.7 Å². The monoisotopic (exact) mass is 318 g/mol. The molecule has 1 aliphatic rings. The Morgan fingerprint density at radius 2 is 1.67 bits per heavy atom. The molecule has 0 aliphatic carbocycles. The van der Waals surface area contributed by atoms with Gasteiger partial charge in [-0.25, -0.2) is 0 Å². The van der Waals surface area contributed by atoms with E-state index in [2.05, 4.69) is 5.32 Å². The topological polar surface area (TPSA) is 66.5 Å². The number of hydrogen-bond acceptors (Lipinski definition) is 3. The summed E-state index contributed by atoms with van der Waals surface area (Å²) in [6.45, 7) is 0.219. The van der Waals surface area contributed by atoms with Gasteiger partial charge in [0.15, 0.2) is 0 Å². The second kappa shape index (κ2) is 6.70. The van der Waals surface area contributed by atoms with Gasteiger partial charge in [0.25, 0.3) is 11.8 Å². The Balaban J connectivity index is 1.53. The number of carbonyl (C=O) groups is 3. The Bertz CT molecular complexity index is 784. The second-order valence-electron chi connectivity index (χ2n) is 5.58. The molecule has 1 aliphatic heterocycles. The summed E-state index contributed by atoms with van der Waals surface area (Å²) in [5.74, 6) is -0.782. The molecule has 118 valence electrons. The lowest BCUT2D eigenvalue weighted by Crippen LogP contribution is -2.31. The van der Waals surface area contributed by atoms with Crippen molar-refractivity contribution in [3.8, 4) is 0 Å². The third kappa shape index (κ3) is 3.22. The summed E-state index contributed by atoms with van der Waals surface area (Å²) in [5.41, 5.74) is 2.04. The molecule has 24 heavy (non-hydrogen) atoms. The number of anilines is 1. The number of nitrogens with one attached hydrogen (secondary N) is 1. The van der Waals surface area contributed by atoms with Crippen molar-refractivity contribution in [3.05, 3.63) is 59.7 Å². The van der Waals surface area contributed by atoms with Gasteiger partial charge in [0, 0.05) is 18.7 Å². The molecule has 3 rings (SSSR count). The van der Waals surface area contributed by atoms with Crippen LogP contribution in [-0.2, 0) is 4.79 Å². The van der Waals surface area contributed by atoms with Crippen molar-refractivity contribution < 1.29 is 14.4 Å². The van der Waals surface area contributed by atoms with Crippen LogP contribution >= 0.6 is 0 Å². The molecule has 0 atom stereocenters. The molecule has 5 nitrogen and oxygen atoms in total. The molecule has 2 aromatic carbocycles. The molecule has 3 amide bonds. The zero-order valence-electron chi connectivity index (χ0n) is 13.0. The number of imide groups is 1. The number of nitrogens with zero attached hydrogens (tertiary/aromatic N) is 1. The van der Waals surface area contributed by atoms with Crippen molar-refractivity contribution in [2.75, 3.05) is 11.9 Å². The highest BCUT2D eigenvalue weighted by atomic mass is 16.2. The molecule has 1 N–H and O–H groups in total. The third-order valence-electron chi connectivity index (χ3n) is 3.83. The fourth-order valence-electron chi connectivity index (χ4n) is 2.68. The third-order valence-corrected chi connectivity index (χ3v) is 3.83. The van der Waals surface area contributed by atoms with Crippen LogP contribution in [0.25, 0.3) is 0 Å². The number of carbonyl (C=O) groups excluding carboxylic acids is 3. The SMILES string of the molecule is [B]c1cccc(NC(=O)CCCN2C(=O)c3ccccc3C2=O)c1. The van der Waals surface area contributed by atoms with Crippen LogP contribution in [0, 0.1) is 0 Å². The zero-order valence-corrected chi connectivity index (χ0v) is 13.0. The number of rotatable bonds is 5. The Morgan fingerprint density at radius 3 is 2.29 bits per heavy atom. The van der Waals surface area contributed by atoms with Crippen LogP contribution in [-0.4, -0.2) is 37.0 Å². The molecule has 0 unspecified atom stereocenters. The van der Waals surface area contributed by atoms with Crippen LogP contribution in [0.3, 0.4) is 0 Å². The second-order valence-corrected chi connectivity index (χ2v) is 5.58. The van der Waals surface area contributed by atoms with Crippen molar-refractivity contribution >= 4 is 36.7 Å². The fraction of sp³-hybridized carbons (Fsp3) is 0.167. The summed E-state index contributed by atoms with van der Waals surface area (Å²) in [4.78, 5) is 37.5. The van der Waals surface area contributed by atoms with Crippen LogP contribution in [0.5, 0.6) is 0 Å². The lowest BCUT2D eigenvalue weighted by Gasteiger charge is -2.13. The van der Waals surface area contributed by atoms with Gasteiger partial charge in [-0.15, -0.1) is 0 Å². The summed E-state index contributed by atoms with van der Waals surface area (Å²) < 4.78 is 0. The van der Waals surface area contributed by atoms with Crippen molar-refractivity contribution in [1.82, 2.24) is 4.90 Å². The van der Waals surface area contributed by atoms with E-state index in [1.807, 2.05) is 0 Å². The maximum atomic E-state index is 12.2. The Kier molecular flexibility index (Phi) is 4.47. The maximum absolute atomic E-state index is 12.2. The minimum atomic E-state index is -0.299. The van der Waals surface area contributed by atoms with E-state index < -0.39 is 0 Å². The average molecular weight is 318 g/mol. The van der Waals surface area contributed by atoms with Gasteiger partial charge in [-0.2, -0.15) is 0 Å². The summed E-state index contributed by atoms with van der Waals surface area (Å²) in [6.07, 6.45) is 0.613. The lowest BCUT2D eigenvalue weighted by molar-refractivity contribution is -0.116. The van der Waals surface area contributed by atoms with Crippen LogP contribution < -0.4 is 10.8 Å². The Labute approximate surface area is 141 Å². The highest BCUT2D eigenvalue weighted by molar-refractivity contribution is 6.32. The highest BCUT2D eigenvalue weighted by Crippen LogP contribution is 2.22. The summed E-state index contributed by atoms with van der Waals surface area (Å²) in [6, 6.07) is 13.6. The predicted molar refractivity (Wildman–Crippen MR) is 91.5 cm³/mol. The standard InChI is InChI=1S/C18H15BN2O3/c19-12-5-3-6-13(11-12)20-16(22)9-4-10-21-17(23)14-7-1-2-8-15(14)18(21)24/h1-3,5-8,11H,4,9-10H2,(H,20,22). The van der Waals surface area contributed by atoms with E-state index in [4.69, 9.17) is 7.85 Å². The molecule has 0 bridgehead atoms. The van der Waals surface area contributed by atoms with Gasteiger partial charge in [0.2, 0.25) is 5.91 Å². The molecule has 0 saturated heterocycles. The first kappa shape index (κ1) is 16.0. The van der Waals surface area contributed by atoms with Gasteiger partial charge >= 0.3 is 0 Å². The first-order valence-corrected chi connectivity index (χ1v) is 7.67. The fourth-order valence-corrected chi connectivity index (χ4v) is 2.68. The van der Waals surface area contributed by atoms with Gasteiger partial charge in [0.1, 0.15) is 7.85 Å². The Hall–Kier alpha value is -2.89. The van der Waals surface area contributed by atoms with Crippen molar-refractivity contribution in [1.29, 1.82) is 0 Å². The quantitative estimate of drug-likeness (QED) is 0.671. The molecule has 0 aromatic heterocycles. The van der Waals surface area contributed by atoms with Crippen molar-refractivity contribution in [3.63, 3.8) is 0 Å². The van der Waals surface area contributed by atoms with E-state index >= 15 is 0 Å². The molecule has 6 heteroatoms. The van der Waals surface area contributed by atoms with Crippen LogP contribution in [0.15, 0.2) is 48.5 Å². The molecule has 0 spiro atoms. The van der Waals surface area contributed by atoms with Gasteiger partial charge in [-0.1, -0.05) is 29.7 Å². The lowest BCUT2D eigenvalue weighted by atomic mass is 9.96. The average Bonchev–Trinajstić information content (AvgIpc) is 2.80. The number of fused-ring (bicyclic) bond motifs is 1. The van der Waals surface area contributed by atoms with Gasteiger partial charge in [-0.3, -0.25) is 19.3 Å². The summed E-state index contributed by atoms with van der Waals surface area (Å²) in [7, 11) is 5.66. The smallest absolute Gasteiger partial charge is 0.261 e. The summed E-state index contributed by atoms with van der Waals surface area (Å²) >= 11 is 0. The highest BCUT2D eigenvalue weighted by Gasteiger charge is 2.34. The minimum Gasteiger partial charge on any atom is -0.326 e. The minimum absolute atomic E-state index is 0.183. The number of benzene rings is 2. The van der Waals surface area contributed by atoms with E-state index in [9.17, 15) is 14.4 Å². The van der Waals surface area contributed by atoms with E-state index in [1.54, 1.807) is 48.5 Å². The zero-order chi connectivity index (χ0) is 17.1. The normalized spacial score (nSPS) is 13.1. The first-order valence-electron chi connectivity index (χ1n) is 7.67. The maximum Gasteiger partial charge on any atom is 0.261 e. The van der Waals surface area contributed by atoms with Gasteiger partial charge < -0.3 is 5.32 Å². The first-order chi connectivity index (χ1) is 11.6. The molecular formula is C18H15BN2O3. The van der Waals surface area contributed by atoms with Crippen molar-refractivity contribution in [2.24, 2.45) is 0 Å². The molecule has 1 heterocycles. The molecular weight excluding hydrogens is 303 g/mol. The van der Waals surface area contributed by atoms with Crippen LogP contribution in [0.1, 0.15) is 33.6 Å². The predicted octanol–water partition coefficient (Wildman–Crippen LogP) is 1.50. The van der Waals surface area contributed by atoms with Gasteiger partial charge in [0.05, 0.1) is 11.1 Å².